The second-order valence-electron chi connectivity index (χ2n) is 5.59. The average Bonchev–Trinajstić information content (AvgIpc) is 3.16. The third-order valence-electron chi connectivity index (χ3n) is 4.06. The fourth-order valence-electron chi connectivity index (χ4n) is 2.96. The van der Waals surface area contributed by atoms with Crippen LogP contribution in [-0.2, 0) is 6.42 Å². The predicted molar refractivity (Wildman–Crippen MR) is 84.4 cm³/mol. The Morgan fingerprint density at radius 3 is 2.95 bits per heavy atom. The molecule has 6 heteroatoms. The Labute approximate surface area is 130 Å². The molecule has 0 spiro atoms. The van der Waals surface area contributed by atoms with Crippen molar-refractivity contribution in [2.75, 3.05) is 13.2 Å². The van der Waals surface area contributed by atoms with Crippen LogP contribution < -0.4 is 10.6 Å². The minimum absolute atomic E-state index is 0.108. The SMILES string of the molecule is O=C(NCCCc1nccs1)NC(CCO)C1CCCC1. The first-order valence-corrected chi connectivity index (χ1v) is 8.71. The minimum atomic E-state index is -0.112. The Balaban J connectivity index is 1.64. The molecular weight excluding hydrogens is 286 g/mol. The third kappa shape index (κ3) is 5.63. The smallest absolute Gasteiger partial charge is 0.315 e. The number of carbonyl (C=O) groups is 1. The molecular formula is C15H25N3O2S. The molecule has 0 radical (unpaired) electrons. The zero-order valence-corrected chi connectivity index (χ0v) is 13.2. The van der Waals surface area contributed by atoms with E-state index in [0.29, 0.717) is 18.9 Å². The van der Waals surface area contributed by atoms with Gasteiger partial charge in [0, 0.05) is 37.2 Å². The van der Waals surface area contributed by atoms with E-state index in [9.17, 15) is 4.79 Å². The van der Waals surface area contributed by atoms with Gasteiger partial charge in [0.25, 0.3) is 0 Å². The van der Waals surface area contributed by atoms with Gasteiger partial charge in [-0.05, 0) is 31.6 Å². The highest BCUT2D eigenvalue weighted by atomic mass is 32.1. The Morgan fingerprint density at radius 1 is 1.48 bits per heavy atom. The highest BCUT2D eigenvalue weighted by Crippen LogP contribution is 2.28. The summed E-state index contributed by atoms with van der Waals surface area (Å²) in [5.41, 5.74) is 0. The molecule has 1 aromatic heterocycles. The summed E-state index contributed by atoms with van der Waals surface area (Å²) < 4.78 is 0. The van der Waals surface area contributed by atoms with Gasteiger partial charge >= 0.3 is 6.03 Å². The number of hydrogen-bond acceptors (Lipinski definition) is 4. The zero-order chi connectivity index (χ0) is 14.9. The molecule has 2 rings (SSSR count). The quantitative estimate of drug-likeness (QED) is 0.645. The van der Waals surface area contributed by atoms with E-state index in [2.05, 4.69) is 15.6 Å². The highest BCUT2D eigenvalue weighted by Gasteiger charge is 2.25. The fourth-order valence-corrected chi connectivity index (χ4v) is 3.62. The van der Waals surface area contributed by atoms with Gasteiger partial charge in [-0.15, -0.1) is 11.3 Å². The lowest BCUT2D eigenvalue weighted by atomic mass is 9.96. The van der Waals surface area contributed by atoms with E-state index in [-0.39, 0.29) is 18.7 Å². The number of thiazole rings is 1. The van der Waals surface area contributed by atoms with Crippen LogP contribution in [0.25, 0.3) is 0 Å². The highest BCUT2D eigenvalue weighted by molar-refractivity contribution is 7.09. The number of hydrogen-bond donors (Lipinski definition) is 3. The van der Waals surface area contributed by atoms with Crippen molar-refractivity contribution >= 4 is 17.4 Å². The molecule has 0 aliphatic heterocycles. The van der Waals surface area contributed by atoms with Gasteiger partial charge in [-0.2, -0.15) is 0 Å². The van der Waals surface area contributed by atoms with E-state index in [1.54, 1.807) is 17.5 Å². The summed E-state index contributed by atoms with van der Waals surface area (Å²) in [5.74, 6) is 0.526. The van der Waals surface area contributed by atoms with Crippen LogP contribution in [0, 0.1) is 5.92 Å². The first-order valence-electron chi connectivity index (χ1n) is 7.83. The minimum Gasteiger partial charge on any atom is -0.396 e. The van der Waals surface area contributed by atoms with Crippen molar-refractivity contribution in [2.24, 2.45) is 5.92 Å². The van der Waals surface area contributed by atoms with Crippen LogP contribution in [0.15, 0.2) is 11.6 Å². The van der Waals surface area contributed by atoms with E-state index >= 15 is 0 Å². The van der Waals surface area contributed by atoms with Crippen LogP contribution in [0.2, 0.25) is 0 Å². The van der Waals surface area contributed by atoms with Gasteiger partial charge in [0.15, 0.2) is 0 Å². The zero-order valence-electron chi connectivity index (χ0n) is 12.4. The van der Waals surface area contributed by atoms with Gasteiger partial charge in [0.05, 0.1) is 5.01 Å². The number of rotatable bonds is 8. The van der Waals surface area contributed by atoms with Gasteiger partial charge in [-0.1, -0.05) is 12.8 Å². The number of amides is 2. The van der Waals surface area contributed by atoms with Crippen molar-refractivity contribution in [3.05, 3.63) is 16.6 Å². The number of carbonyl (C=O) groups excluding carboxylic acids is 1. The Kier molecular flexibility index (Phi) is 6.95. The molecule has 1 aliphatic rings. The van der Waals surface area contributed by atoms with Crippen molar-refractivity contribution in [1.82, 2.24) is 15.6 Å². The largest absolute Gasteiger partial charge is 0.396 e. The van der Waals surface area contributed by atoms with Gasteiger partial charge in [0.2, 0.25) is 0 Å². The van der Waals surface area contributed by atoms with E-state index in [1.165, 1.54) is 12.8 Å². The van der Waals surface area contributed by atoms with Gasteiger partial charge in [-0.25, -0.2) is 9.78 Å². The Hall–Kier alpha value is -1.14. The normalized spacial score (nSPS) is 16.8. The summed E-state index contributed by atoms with van der Waals surface area (Å²) in [4.78, 5) is 16.1. The lowest BCUT2D eigenvalue weighted by molar-refractivity contribution is 0.214. The standard InChI is InChI=1S/C15H25N3O2S/c19-10-7-13(12-4-1-2-5-12)18-15(20)17-8-3-6-14-16-9-11-21-14/h9,11-13,19H,1-8,10H2,(H2,17,18,20). The van der Waals surface area contributed by atoms with Crippen LogP contribution in [0.3, 0.4) is 0 Å². The molecule has 118 valence electrons. The van der Waals surface area contributed by atoms with E-state index in [0.717, 1.165) is 30.7 Å². The van der Waals surface area contributed by atoms with Crippen LogP contribution in [-0.4, -0.2) is 35.3 Å². The van der Waals surface area contributed by atoms with Crippen molar-refractivity contribution in [3.8, 4) is 0 Å². The van der Waals surface area contributed by atoms with Crippen LogP contribution in [0.5, 0.6) is 0 Å². The molecule has 1 aromatic rings. The van der Waals surface area contributed by atoms with Crippen molar-refractivity contribution in [2.45, 2.75) is 51.0 Å². The maximum absolute atomic E-state index is 11.9. The van der Waals surface area contributed by atoms with E-state index in [1.807, 2.05) is 5.38 Å². The fraction of sp³-hybridized carbons (Fsp3) is 0.733. The molecule has 1 fully saturated rings. The summed E-state index contributed by atoms with van der Waals surface area (Å²) in [7, 11) is 0. The topological polar surface area (TPSA) is 74.2 Å². The summed E-state index contributed by atoms with van der Waals surface area (Å²) in [6.45, 7) is 0.785. The van der Waals surface area contributed by atoms with Crippen molar-refractivity contribution in [3.63, 3.8) is 0 Å². The number of aryl methyl sites for hydroxylation is 1. The monoisotopic (exact) mass is 311 g/mol. The summed E-state index contributed by atoms with van der Waals surface area (Å²) in [6, 6.07) is -0.00375. The molecule has 3 N–H and O–H groups in total. The number of nitrogens with one attached hydrogen (secondary N) is 2. The molecule has 1 atom stereocenters. The van der Waals surface area contributed by atoms with E-state index in [4.69, 9.17) is 5.11 Å². The van der Waals surface area contributed by atoms with Crippen LogP contribution >= 0.6 is 11.3 Å². The molecule has 1 aliphatic carbocycles. The number of aliphatic hydroxyl groups excluding tert-OH is 1. The summed E-state index contributed by atoms with van der Waals surface area (Å²) in [5, 5.41) is 18.2. The second kappa shape index (κ2) is 9.00. The maximum Gasteiger partial charge on any atom is 0.315 e. The molecule has 5 nitrogen and oxygen atoms in total. The average molecular weight is 311 g/mol. The van der Waals surface area contributed by atoms with Crippen LogP contribution in [0.4, 0.5) is 4.79 Å². The third-order valence-corrected chi connectivity index (χ3v) is 4.90. The molecule has 0 saturated heterocycles. The number of aliphatic hydroxyl groups is 1. The van der Waals surface area contributed by atoms with Gasteiger partial charge < -0.3 is 15.7 Å². The lowest BCUT2D eigenvalue weighted by Gasteiger charge is -2.24. The summed E-state index contributed by atoms with van der Waals surface area (Å²) >= 11 is 1.65. The molecule has 1 saturated carbocycles. The first-order chi connectivity index (χ1) is 10.3. The molecule has 0 aromatic carbocycles. The van der Waals surface area contributed by atoms with Crippen molar-refractivity contribution in [1.29, 1.82) is 0 Å². The lowest BCUT2D eigenvalue weighted by Crippen LogP contribution is -2.45. The second-order valence-corrected chi connectivity index (χ2v) is 6.57. The predicted octanol–water partition coefficient (Wildman–Crippen LogP) is 2.32. The number of urea groups is 1. The Morgan fingerprint density at radius 2 is 2.29 bits per heavy atom. The Bertz CT molecular complexity index is 405. The van der Waals surface area contributed by atoms with Crippen LogP contribution in [0.1, 0.15) is 43.5 Å². The van der Waals surface area contributed by atoms with Crippen molar-refractivity contribution < 1.29 is 9.90 Å². The van der Waals surface area contributed by atoms with Gasteiger partial charge in [0.1, 0.15) is 0 Å². The summed E-state index contributed by atoms with van der Waals surface area (Å²) in [6.07, 6.45) is 9.06. The molecule has 2 amide bonds. The molecule has 1 heterocycles. The molecule has 21 heavy (non-hydrogen) atoms. The first kappa shape index (κ1) is 16.2. The van der Waals surface area contributed by atoms with E-state index < -0.39 is 0 Å². The molecule has 1 unspecified atom stereocenters. The number of nitrogens with zero attached hydrogens (tertiary/aromatic N) is 1. The molecule has 0 bridgehead atoms. The maximum atomic E-state index is 11.9. The van der Waals surface area contributed by atoms with Gasteiger partial charge in [-0.3, -0.25) is 0 Å². The number of aromatic nitrogens is 1.